The lowest BCUT2D eigenvalue weighted by molar-refractivity contribution is -0.467. The summed E-state index contributed by atoms with van der Waals surface area (Å²) in [4.78, 5) is 37.6. The number of thioether (sulfide) groups is 1. The number of carbonyl (C=O) groups is 1. The molecule has 1 aromatic carbocycles. The van der Waals surface area contributed by atoms with Crippen LogP contribution in [0.1, 0.15) is 80.1 Å². The van der Waals surface area contributed by atoms with Gasteiger partial charge in [0.25, 0.3) is 17.3 Å². The van der Waals surface area contributed by atoms with E-state index < -0.39 is 5.79 Å². The summed E-state index contributed by atoms with van der Waals surface area (Å²) in [5.74, 6) is 1.12. The predicted molar refractivity (Wildman–Crippen MR) is 195 cm³/mol. The maximum absolute atomic E-state index is 14.0. The van der Waals surface area contributed by atoms with Crippen molar-refractivity contribution in [2.45, 2.75) is 96.2 Å². The number of fused-ring (bicyclic) bond motifs is 1. The van der Waals surface area contributed by atoms with E-state index in [1.54, 1.807) is 0 Å². The number of nitrogens with one attached hydrogen (secondary N) is 2. The van der Waals surface area contributed by atoms with Crippen LogP contribution < -0.4 is 25.2 Å². The Morgan fingerprint density at radius 3 is 2.51 bits per heavy atom. The number of H-pyrrole nitrogens is 1. The van der Waals surface area contributed by atoms with Gasteiger partial charge in [-0.05, 0) is 77.5 Å². The number of rotatable bonds is 7. The maximum Gasteiger partial charge on any atom is 0.254 e. The standard InChI is InChI=1S/C38H49N5O5S/c1-22-16-32(49-8)31(37(45)41-22)19-40-36(44)29-17-30(26-12-15-33(39-18-26)43-20-23(2)46-24(3)21-43)35-34(25(29)4)47-38(5,48-35)27-10-9-11-28(14-13-27)42(6)7/h12,15-18,23-24,27H,9-11,13-14,19-21H2,1-8H3,(H-,40,41,44,45)/p+1/t23-,24+,27-,38?/m1/s1. The van der Waals surface area contributed by atoms with Crippen LogP contribution in [-0.4, -0.2) is 77.6 Å². The number of aromatic nitrogens is 2. The monoisotopic (exact) mass is 688 g/mol. The summed E-state index contributed by atoms with van der Waals surface area (Å²) in [5, 5.41) is 3.02. The zero-order valence-electron chi connectivity index (χ0n) is 30.1. The minimum Gasteiger partial charge on any atom is -0.448 e. The second-order valence-corrected chi connectivity index (χ2v) is 15.0. The Morgan fingerprint density at radius 1 is 1.10 bits per heavy atom. The molecular formula is C38H50N5O5S+. The van der Waals surface area contributed by atoms with Gasteiger partial charge in [-0.3, -0.25) is 9.59 Å². The van der Waals surface area contributed by atoms with Crippen molar-refractivity contribution < 1.29 is 23.6 Å². The first kappa shape index (κ1) is 35.0. The Kier molecular flexibility index (Phi) is 10.1. The van der Waals surface area contributed by atoms with E-state index in [1.165, 1.54) is 17.5 Å². The van der Waals surface area contributed by atoms with Gasteiger partial charge in [-0.2, -0.15) is 0 Å². The van der Waals surface area contributed by atoms with Gasteiger partial charge in [0.15, 0.2) is 17.2 Å². The fourth-order valence-corrected chi connectivity index (χ4v) is 8.24. The van der Waals surface area contributed by atoms with Crippen LogP contribution in [0.25, 0.3) is 11.1 Å². The van der Waals surface area contributed by atoms with Crippen molar-refractivity contribution in [2.75, 3.05) is 38.3 Å². The molecular weight excluding hydrogens is 639 g/mol. The number of carbonyl (C=O) groups excluding carboxylic acids is 1. The molecule has 3 aliphatic rings. The number of benzene rings is 1. The number of aryl methyl sites for hydroxylation is 1. The van der Waals surface area contributed by atoms with Crippen LogP contribution in [-0.2, 0) is 11.3 Å². The topological polar surface area (TPSA) is 109 Å². The normalized spacial score (nSPS) is 23.7. The van der Waals surface area contributed by atoms with Gasteiger partial charge in [0.1, 0.15) is 19.9 Å². The van der Waals surface area contributed by atoms with Crippen molar-refractivity contribution in [3.8, 4) is 22.6 Å². The molecule has 10 nitrogen and oxygen atoms in total. The van der Waals surface area contributed by atoms with Gasteiger partial charge in [-0.1, -0.05) is 0 Å². The summed E-state index contributed by atoms with van der Waals surface area (Å²) in [6, 6.07) is 7.88. The lowest BCUT2D eigenvalue weighted by Crippen LogP contribution is -2.45. The number of ether oxygens (including phenoxy) is 3. The van der Waals surface area contributed by atoms with Crippen LogP contribution in [0.4, 0.5) is 5.82 Å². The van der Waals surface area contributed by atoms with Crippen LogP contribution >= 0.6 is 11.8 Å². The van der Waals surface area contributed by atoms with E-state index in [1.807, 2.05) is 57.5 Å². The van der Waals surface area contributed by atoms with E-state index in [2.05, 4.69) is 47.7 Å². The average Bonchev–Trinajstić information content (AvgIpc) is 3.23. The lowest BCUT2D eigenvalue weighted by atomic mass is 9.92. The first-order valence-electron chi connectivity index (χ1n) is 17.4. The largest absolute Gasteiger partial charge is 0.448 e. The van der Waals surface area contributed by atoms with E-state index in [9.17, 15) is 9.59 Å². The number of anilines is 1. The van der Waals surface area contributed by atoms with E-state index in [-0.39, 0.29) is 36.1 Å². The SMILES string of the molecule is CSc1cc(C)[nH]c(=O)c1CNC(=O)c1cc(-c2ccc(N3C[C@@H](C)O[C@@H](C)C3)nc2)c2c(c1C)OC(C)([C@@H]1CCCC(=[N+](C)C)CC1)O2. The second kappa shape index (κ2) is 14.2. The molecule has 2 aliphatic heterocycles. The predicted octanol–water partition coefficient (Wildman–Crippen LogP) is 6.10. The van der Waals surface area contributed by atoms with Gasteiger partial charge in [0.2, 0.25) is 0 Å². The highest BCUT2D eigenvalue weighted by molar-refractivity contribution is 7.98. The number of amides is 1. The smallest absolute Gasteiger partial charge is 0.254 e. The number of hydrogen-bond acceptors (Lipinski definition) is 8. The molecule has 1 saturated heterocycles. The Morgan fingerprint density at radius 2 is 1.84 bits per heavy atom. The number of pyridine rings is 2. The van der Waals surface area contributed by atoms with Crippen molar-refractivity contribution in [1.29, 1.82) is 0 Å². The quantitative estimate of drug-likeness (QED) is 0.174. The molecule has 262 valence electrons. The summed E-state index contributed by atoms with van der Waals surface area (Å²) in [7, 11) is 4.24. The zero-order chi connectivity index (χ0) is 35.0. The summed E-state index contributed by atoms with van der Waals surface area (Å²) in [6.45, 7) is 11.6. The van der Waals surface area contributed by atoms with Crippen LogP contribution in [0, 0.1) is 19.8 Å². The van der Waals surface area contributed by atoms with Gasteiger partial charge >= 0.3 is 0 Å². The lowest BCUT2D eigenvalue weighted by Gasteiger charge is -2.36. The number of hydrogen-bond donors (Lipinski definition) is 2. The molecule has 4 atom stereocenters. The van der Waals surface area contributed by atoms with Crippen molar-refractivity contribution in [1.82, 2.24) is 15.3 Å². The first-order chi connectivity index (χ1) is 23.4. The third-order valence-corrected chi connectivity index (χ3v) is 11.0. The van der Waals surface area contributed by atoms with Crippen LogP contribution in [0.2, 0.25) is 0 Å². The number of aromatic amines is 1. The molecule has 2 N–H and O–H groups in total. The third-order valence-electron chi connectivity index (χ3n) is 10.2. The van der Waals surface area contributed by atoms with E-state index in [4.69, 9.17) is 19.2 Å². The molecule has 2 aromatic heterocycles. The first-order valence-corrected chi connectivity index (χ1v) is 18.6. The molecule has 49 heavy (non-hydrogen) atoms. The molecule has 1 amide bonds. The molecule has 1 aliphatic carbocycles. The van der Waals surface area contributed by atoms with Crippen LogP contribution in [0.5, 0.6) is 11.5 Å². The van der Waals surface area contributed by atoms with E-state index >= 15 is 0 Å². The minimum absolute atomic E-state index is 0.102. The molecule has 2 fully saturated rings. The Bertz CT molecular complexity index is 1810. The molecule has 11 heteroatoms. The highest BCUT2D eigenvalue weighted by Crippen LogP contribution is 2.52. The van der Waals surface area contributed by atoms with Crippen LogP contribution in [0.3, 0.4) is 0 Å². The summed E-state index contributed by atoms with van der Waals surface area (Å²) >= 11 is 1.49. The Labute approximate surface area is 293 Å². The van der Waals surface area contributed by atoms with Crippen LogP contribution in [0.15, 0.2) is 40.2 Å². The molecule has 1 unspecified atom stereocenters. The molecule has 1 saturated carbocycles. The van der Waals surface area contributed by atoms with Gasteiger partial charge in [-0.25, -0.2) is 9.56 Å². The highest BCUT2D eigenvalue weighted by atomic mass is 32.2. The molecule has 6 rings (SSSR count). The minimum atomic E-state index is -0.880. The fraction of sp³-hybridized carbons (Fsp3) is 0.526. The maximum atomic E-state index is 14.0. The van der Waals surface area contributed by atoms with Gasteiger partial charge in [0, 0.05) is 89.9 Å². The second-order valence-electron chi connectivity index (χ2n) is 14.1. The molecule has 0 radical (unpaired) electrons. The summed E-state index contributed by atoms with van der Waals surface area (Å²) in [6.07, 6.45) is 9.09. The third kappa shape index (κ3) is 7.24. The number of nitrogens with zero attached hydrogens (tertiary/aromatic N) is 3. The van der Waals surface area contributed by atoms with E-state index in [0.717, 1.165) is 72.7 Å². The summed E-state index contributed by atoms with van der Waals surface area (Å²) < 4.78 is 21.9. The van der Waals surface area contributed by atoms with Gasteiger partial charge < -0.3 is 29.4 Å². The molecule has 3 aromatic rings. The van der Waals surface area contributed by atoms with Gasteiger partial charge in [0.05, 0.1) is 12.2 Å². The van der Waals surface area contributed by atoms with E-state index in [0.29, 0.717) is 28.2 Å². The zero-order valence-corrected chi connectivity index (χ0v) is 30.9. The fourth-order valence-electron chi connectivity index (χ4n) is 7.53. The Hall–Kier alpha value is -3.83. The Balaban J connectivity index is 1.35. The molecule has 4 heterocycles. The molecule has 0 spiro atoms. The summed E-state index contributed by atoms with van der Waals surface area (Å²) in [5.41, 5.74) is 5.33. The average molecular weight is 689 g/mol. The van der Waals surface area contributed by atoms with Crippen molar-refractivity contribution >= 4 is 29.2 Å². The van der Waals surface area contributed by atoms with Crippen molar-refractivity contribution in [2.24, 2.45) is 5.92 Å². The van der Waals surface area contributed by atoms with Gasteiger partial charge in [-0.15, -0.1) is 11.8 Å². The number of morpholine rings is 1. The van der Waals surface area contributed by atoms with Crippen molar-refractivity contribution in [3.63, 3.8) is 0 Å². The molecule has 0 bridgehead atoms. The highest BCUT2D eigenvalue weighted by Gasteiger charge is 2.47. The van der Waals surface area contributed by atoms with Crippen molar-refractivity contribution in [3.05, 3.63) is 63.2 Å².